The first kappa shape index (κ1) is 26.5. The summed E-state index contributed by atoms with van der Waals surface area (Å²) in [5, 5.41) is 18.8. The average Bonchev–Trinajstić information content (AvgIpc) is 3.00. The number of nitrogens with one attached hydrogen (secondary N) is 2. The highest BCUT2D eigenvalue weighted by molar-refractivity contribution is 7.86. The molecule has 0 aliphatic heterocycles. The van der Waals surface area contributed by atoms with Crippen LogP contribution in [-0.4, -0.2) is 28.9 Å². The Bertz CT molecular complexity index is 992. The highest BCUT2D eigenvalue weighted by Gasteiger charge is 2.42. The van der Waals surface area contributed by atoms with Crippen LogP contribution in [0.2, 0.25) is 0 Å². The van der Waals surface area contributed by atoms with Gasteiger partial charge in [-0.1, -0.05) is 50.3 Å². The highest BCUT2D eigenvalue weighted by Crippen LogP contribution is 2.34. The van der Waals surface area contributed by atoms with Gasteiger partial charge in [-0.2, -0.15) is 18.4 Å². The Balaban J connectivity index is 2.30. The zero-order valence-electron chi connectivity index (χ0n) is 18.4. The van der Waals surface area contributed by atoms with Crippen LogP contribution in [-0.2, 0) is 15.8 Å². The Morgan fingerprint density at radius 2 is 1.91 bits per heavy atom. The quantitative estimate of drug-likeness (QED) is 0.468. The number of nitrogens with zero attached hydrogens (tertiary/aromatic N) is 1. The van der Waals surface area contributed by atoms with Gasteiger partial charge in [0.05, 0.1) is 17.0 Å². The molecule has 0 saturated carbocycles. The molecule has 4 N–H and O–H groups in total. The molecule has 0 radical (unpaired) electrons. The first-order valence-electron chi connectivity index (χ1n) is 10.3. The minimum atomic E-state index is -4.64. The summed E-state index contributed by atoms with van der Waals surface area (Å²) in [5.74, 6) is -0.686. The second-order valence-corrected chi connectivity index (χ2v) is 9.05. The van der Waals surface area contributed by atoms with E-state index in [9.17, 15) is 22.2 Å². The van der Waals surface area contributed by atoms with Crippen molar-refractivity contribution in [3.05, 3.63) is 64.6 Å². The van der Waals surface area contributed by atoms with Crippen LogP contribution in [0.25, 0.3) is 5.57 Å². The number of rotatable bonds is 9. The lowest BCUT2D eigenvalue weighted by atomic mass is 9.96. The maximum atomic E-state index is 13.9. The number of alkyl halides is 3. The van der Waals surface area contributed by atoms with E-state index >= 15 is 0 Å². The molecule has 1 aliphatic carbocycles. The van der Waals surface area contributed by atoms with Gasteiger partial charge in [0.2, 0.25) is 5.91 Å². The highest BCUT2D eigenvalue weighted by atomic mass is 32.2. The molecule has 2 unspecified atom stereocenters. The SMILES string of the molecule is CC(C)CC(N[C@@H](c1ccc(C2=CC=C(S(N)=O)C=CC2)cc1)C(F)(F)F)C(=O)NCC#N. The number of amides is 1. The Morgan fingerprint density at radius 3 is 2.45 bits per heavy atom. The Hall–Kier alpha value is -2.74. The minimum Gasteiger partial charge on any atom is -0.342 e. The van der Waals surface area contributed by atoms with E-state index in [1.807, 2.05) is 0 Å². The van der Waals surface area contributed by atoms with Crippen molar-refractivity contribution in [2.45, 2.75) is 44.9 Å². The molecule has 3 atom stereocenters. The zero-order valence-corrected chi connectivity index (χ0v) is 19.2. The molecule has 0 fully saturated rings. The van der Waals surface area contributed by atoms with E-state index in [0.29, 0.717) is 11.3 Å². The van der Waals surface area contributed by atoms with Gasteiger partial charge in [0, 0.05) is 0 Å². The lowest BCUT2D eigenvalue weighted by molar-refractivity contribution is -0.161. The monoisotopic (exact) mass is 480 g/mol. The maximum Gasteiger partial charge on any atom is 0.407 e. The molecular formula is C23H27F3N4O2S. The van der Waals surface area contributed by atoms with Crippen molar-refractivity contribution < 1.29 is 22.2 Å². The summed E-state index contributed by atoms with van der Waals surface area (Å²) in [7, 11) is -1.62. The lowest BCUT2D eigenvalue weighted by Gasteiger charge is -2.28. The van der Waals surface area contributed by atoms with Gasteiger partial charge < -0.3 is 5.32 Å². The number of hydrogen-bond donors (Lipinski definition) is 3. The third kappa shape index (κ3) is 7.96. The van der Waals surface area contributed by atoms with E-state index in [1.54, 1.807) is 56.4 Å². The van der Waals surface area contributed by atoms with Gasteiger partial charge in [-0.3, -0.25) is 10.1 Å². The van der Waals surface area contributed by atoms with Crippen LogP contribution in [0, 0.1) is 17.2 Å². The number of hydrogen-bond acceptors (Lipinski definition) is 4. The van der Waals surface area contributed by atoms with Crippen LogP contribution in [0.4, 0.5) is 13.2 Å². The van der Waals surface area contributed by atoms with E-state index in [-0.39, 0.29) is 24.4 Å². The normalized spacial score (nSPS) is 16.8. The van der Waals surface area contributed by atoms with Crippen LogP contribution >= 0.6 is 0 Å². The van der Waals surface area contributed by atoms with Gasteiger partial charge in [-0.05, 0) is 47.6 Å². The summed E-state index contributed by atoms with van der Waals surface area (Å²) in [6.07, 6.45) is 2.86. The standard InChI is InChI=1S/C23H27F3N4O2S/c1-15(2)14-20(22(31)29-13-12-27)30-21(23(24,25)26)18-8-6-17(7-9-18)16-4-3-5-19(11-10-16)33(28)32/h3,5-11,15,20-21,30H,4,13-14,28H2,1-2H3,(H,29,31)/t20?,21-,33?/m0/s1. The fraction of sp³-hybridized carbons (Fsp3) is 0.391. The lowest BCUT2D eigenvalue weighted by Crippen LogP contribution is -2.49. The maximum absolute atomic E-state index is 13.9. The topological polar surface area (TPSA) is 108 Å². The van der Waals surface area contributed by atoms with E-state index < -0.39 is 35.2 Å². The number of carbonyl (C=O) groups excluding carboxylic acids is 1. The van der Waals surface area contributed by atoms with E-state index in [0.717, 1.165) is 11.1 Å². The molecule has 2 rings (SSSR count). The van der Waals surface area contributed by atoms with E-state index in [1.165, 1.54) is 12.1 Å². The third-order valence-corrected chi connectivity index (χ3v) is 5.71. The molecule has 0 saturated heterocycles. The van der Waals surface area contributed by atoms with Crippen molar-refractivity contribution in [2.75, 3.05) is 6.54 Å². The van der Waals surface area contributed by atoms with Crippen LogP contribution in [0.5, 0.6) is 0 Å². The summed E-state index contributed by atoms with van der Waals surface area (Å²) in [6, 6.07) is 4.50. The van der Waals surface area contributed by atoms with Gasteiger partial charge in [-0.25, -0.2) is 9.35 Å². The molecule has 10 heteroatoms. The average molecular weight is 481 g/mol. The van der Waals surface area contributed by atoms with Crippen LogP contribution in [0.15, 0.2) is 53.5 Å². The number of halogens is 3. The second kappa shape index (κ2) is 11.9. The fourth-order valence-corrected chi connectivity index (χ4v) is 3.83. The molecule has 1 aromatic rings. The van der Waals surface area contributed by atoms with Crippen LogP contribution in [0.3, 0.4) is 0 Å². The van der Waals surface area contributed by atoms with Gasteiger partial charge in [0.1, 0.15) is 23.6 Å². The summed E-state index contributed by atoms with van der Waals surface area (Å²) < 4.78 is 53.2. The van der Waals surface area contributed by atoms with Gasteiger partial charge >= 0.3 is 6.18 Å². The zero-order chi connectivity index (χ0) is 24.6. The molecule has 0 heterocycles. The molecule has 1 aliphatic rings. The van der Waals surface area contributed by atoms with Crippen molar-refractivity contribution in [1.82, 2.24) is 10.6 Å². The van der Waals surface area contributed by atoms with E-state index in [2.05, 4.69) is 10.6 Å². The number of allylic oxidation sites excluding steroid dienone is 5. The first-order chi connectivity index (χ1) is 15.5. The van der Waals surface area contributed by atoms with Gasteiger partial charge in [-0.15, -0.1) is 0 Å². The smallest absolute Gasteiger partial charge is 0.342 e. The van der Waals surface area contributed by atoms with Crippen molar-refractivity contribution in [2.24, 2.45) is 11.1 Å². The summed E-state index contributed by atoms with van der Waals surface area (Å²) in [5.41, 5.74) is 1.52. The van der Waals surface area contributed by atoms with Crippen molar-refractivity contribution in [3.63, 3.8) is 0 Å². The fourth-order valence-electron chi connectivity index (χ4n) is 3.40. The molecule has 1 amide bonds. The number of nitriles is 1. The number of carbonyl (C=O) groups is 1. The molecular weight excluding hydrogens is 453 g/mol. The molecule has 1 aromatic carbocycles. The van der Waals surface area contributed by atoms with Crippen molar-refractivity contribution >= 4 is 22.5 Å². The Kier molecular flexibility index (Phi) is 9.58. The van der Waals surface area contributed by atoms with Gasteiger partial charge in [0.15, 0.2) is 0 Å². The largest absolute Gasteiger partial charge is 0.407 e. The Labute approximate surface area is 194 Å². The number of nitrogens with two attached hydrogens (primary N) is 1. The first-order valence-corrected chi connectivity index (χ1v) is 11.6. The van der Waals surface area contributed by atoms with Gasteiger partial charge in [0.25, 0.3) is 0 Å². The summed E-state index contributed by atoms with van der Waals surface area (Å²) >= 11 is 0. The van der Waals surface area contributed by atoms with E-state index in [4.69, 9.17) is 10.4 Å². The van der Waals surface area contributed by atoms with Crippen LogP contribution in [0.1, 0.15) is 43.9 Å². The Morgan fingerprint density at radius 1 is 1.24 bits per heavy atom. The molecule has 6 nitrogen and oxygen atoms in total. The molecule has 0 spiro atoms. The summed E-state index contributed by atoms with van der Waals surface area (Å²) in [4.78, 5) is 12.8. The van der Waals surface area contributed by atoms with Crippen LogP contribution < -0.4 is 15.8 Å². The van der Waals surface area contributed by atoms with Crippen molar-refractivity contribution in [1.29, 1.82) is 5.26 Å². The predicted octanol–water partition coefficient (Wildman–Crippen LogP) is 3.78. The second-order valence-electron chi connectivity index (χ2n) is 7.99. The minimum absolute atomic E-state index is 0.0304. The summed E-state index contributed by atoms with van der Waals surface area (Å²) in [6.45, 7) is 3.33. The third-order valence-electron chi connectivity index (χ3n) is 4.98. The number of benzene rings is 1. The molecule has 178 valence electrons. The van der Waals surface area contributed by atoms with Crippen molar-refractivity contribution in [3.8, 4) is 6.07 Å². The molecule has 0 bridgehead atoms. The molecule has 33 heavy (non-hydrogen) atoms. The predicted molar refractivity (Wildman–Crippen MR) is 122 cm³/mol. The molecule has 0 aromatic heterocycles.